The summed E-state index contributed by atoms with van der Waals surface area (Å²) in [7, 11) is 1.17. The summed E-state index contributed by atoms with van der Waals surface area (Å²) < 4.78 is 34.0. The Balaban J connectivity index is 4.26. The van der Waals surface area contributed by atoms with E-state index in [1.807, 2.05) is 21.1 Å². The fourth-order valence-electron chi connectivity index (χ4n) is 6.95. The lowest BCUT2D eigenvalue weighted by Crippen LogP contribution is -2.37. The van der Waals surface area contributed by atoms with E-state index in [1.165, 1.54) is 161 Å². The van der Waals surface area contributed by atoms with Crippen LogP contribution in [0.4, 0.5) is 0 Å². The number of allylic oxidation sites excluding steroid dienone is 2. The van der Waals surface area contributed by atoms with Gasteiger partial charge < -0.3 is 27.9 Å². The van der Waals surface area contributed by atoms with Crippen LogP contribution in [0.1, 0.15) is 232 Å². The zero-order valence-electron chi connectivity index (χ0n) is 38.8. The molecule has 0 radical (unpaired) electrons. The maximum Gasteiger partial charge on any atom is 0.306 e. The minimum atomic E-state index is -4.63. The standard InChI is InChI=1S/C48H94NO8P/c1-6-8-10-12-14-16-18-20-22-23-24-25-27-28-30-32-34-36-38-40-47(50)54-44-46(45-56-58(52,53)55-43-42-49(3,4)5)57-48(51)41-39-37-35-33-31-29-26-21-19-17-15-13-11-9-7-2/h31,33,46H,6-30,32,34-45H2,1-5H3/b33-31+/t46-/m1/s1. The van der Waals surface area contributed by atoms with E-state index in [1.54, 1.807) is 0 Å². The first-order valence-electron chi connectivity index (χ1n) is 24.4. The summed E-state index contributed by atoms with van der Waals surface area (Å²) in [5.74, 6) is -0.847. The molecular weight excluding hydrogens is 750 g/mol. The molecule has 0 spiro atoms. The van der Waals surface area contributed by atoms with Gasteiger partial charge in [-0.2, -0.15) is 0 Å². The molecule has 0 saturated heterocycles. The third kappa shape index (κ3) is 44.3. The molecule has 0 bridgehead atoms. The van der Waals surface area contributed by atoms with Crippen LogP contribution in [0.5, 0.6) is 0 Å². The minimum absolute atomic E-state index is 0.0310. The van der Waals surface area contributed by atoms with Gasteiger partial charge in [0.05, 0.1) is 27.7 Å². The molecule has 2 atom stereocenters. The van der Waals surface area contributed by atoms with Gasteiger partial charge in [0.2, 0.25) is 0 Å². The molecular formula is C48H94NO8P. The SMILES string of the molecule is CCCCCCCCCCC/C=C/CCCCC(=O)O[C@H](COC(=O)CCCCCCCCCCCCCCCCCCCCC)COP(=O)([O-])OCC[N+](C)(C)C. The number of rotatable bonds is 45. The second-order valence-corrected chi connectivity index (χ2v) is 19.2. The zero-order chi connectivity index (χ0) is 42.8. The molecule has 0 aliphatic carbocycles. The molecule has 9 nitrogen and oxygen atoms in total. The van der Waals surface area contributed by atoms with Crippen molar-refractivity contribution in [2.24, 2.45) is 0 Å². The number of hydrogen-bond donors (Lipinski definition) is 0. The first-order chi connectivity index (χ1) is 28.0. The minimum Gasteiger partial charge on any atom is -0.756 e. The van der Waals surface area contributed by atoms with Crippen molar-refractivity contribution in [1.82, 2.24) is 0 Å². The first-order valence-corrected chi connectivity index (χ1v) is 25.9. The summed E-state index contributed by atoms with van der Waals surface area (Å²) >= 11 is 0. The van der Waals surface area contributed by atoms with Gasteiger partial charge in [0, 0.05) is 12.8 Å². The van der Waals surface area contributed by atoms with E-state index >= 15 is 0 Å². The molecule has 0 aliphatic heterocycles. The number of hydrogen-bond acceptors (Lipinski definition) is 8. The molecule has 1 unspecified atom stereocenters. The maximum atomic E-state index is 12.7. The highest BCUT2D eigenvalue weighted by Gasteiger charge is 2.21. The van der Waals surface area contributed by atoms with Crippen LogP contribution in [0.15, 0.2) is 12.2 Å². The quantitative estimate of drug-likeness (QED) is 0.0196. The van der Waals surface area contributed by atoms with Gasteiger partial charge >= 0.3 is 11.9 Å². The van der Waals surface area contributed by atoms with Crippen LogP contribution >= 0.6 is 7.82 Å². The topological polar surface area (TPSA) is 111 Å². The van der Waals surface area contributed by atoms with Crippen molar-refractivity contribution in [1.29, 1.82) is 0 Å². The smallest absolute Gasteiger partial charge is 0.306 e. The second kappa shape index (κ2) is 41.1. The Bertz CT molecular complexity index is 1000. The number of carbonyl (C=O) groups is 2. The average Bonchev–Trinajstić information content (AvgIpc) is 3.17. The number of nitrogens with zero attached hydrogens (tertiary/aromatic N) is 1. The van der Waals surface area contributed by atoms with Crippen LogP contribution in [-0.4, -0.2) is 70.0 Å². The molecule has 0 fully saturated rings. The Hall–Kier alpha value is -1.25. The zero-order valence-corrected chi connectivity index (χ0v) is 39.7. The van der Waals surface area contributed by atoms with Gasteiger partial charge in [-0.1, -0.05) is 193 Å². The van der Waals surface area contributed by atoms with Gasteiger partial charge in [-0.3, -0.25) is 14.2 Å². The van der Waals surface area contributed by atoms with Crippen LogP contribution in [0.3, 0.4) is 0 Å². The van der Waals surface area contributed by atoms with E-state index in [9.17, 15) is 19.0 Å². The van der Waals surface area contributed by atoms with Crippen molar-refractivity contribution in [3.63, 3.8) is 0 Å². The number of unbranched alkanes of at least 4 members (excludes halogenated alkanes) is 29. The average molecular weight is 844 g/mol. The van der Waals surface area contributed by atoms with Gasteiger partial charge in [0.15, 0.2) is 6.10 Å². The lowest BCUT2D eigenvalue weighted by atomic mass is 10.0. The summed E-state index contributed by atoms with van der Waals surface area (Å²) in [6, 6.07) is 0. The number of likely N-dealkylation sites (N-methyl/N-ethyl adjacent to an activating group) is 1. The summed E-state index contributed by atoms with van der Waals surface area (Å²) in [5.41, 5.74) is 0. The van der Waals surface area contributed by atoms with Crippen LogP contribution in [0, 0.1) is 0 Å². The molecule has 10 heteroatoms. The Kier molecular flexibility index (Phi) is 40.2. The summed E-state index contributed by atoms with van der Waals surface area (Å²) in [6.45, 7) is 4.24. The fraction of sp³-hybridized carbons (Fsp3) is 0.917. The molecule has 0 amide bonds. The first kappa shape index (κ1) is 56.8. The summed E-state index contributed by atoms with van der Waals surface area (Å²) in [5, 5.41) is 0. The van der Waals surface area contributed by atoms with Gasteiger partial charge in [-0.25, -0.2) is 0 Å². The Morgan fingerprint density at radius 1 is 0.517 bits per heavy atom. The second-order valence-electron chi connectivity index (χ2n) is 17.8. The Morgan fingerprint density at radius 2 is 0.879 bits per heavy atom. The lowest BCUT2D eigenvalue weighted by molar-refractivity contribution is -0.870. The third-order valence-corrected chi connectivity index (χ3v) is 11.7. The normalized spacial score (nSPS) is 13.6. The summed E-state index contributed by atoms with van der Waals surface area (Å²) in [6.07, 6.45) is 43.8. The van der Waals surface area contributed by atoms with E-state index in [0.717, 1.165) is 38.5 Å². The van der Waals surface area contributed by atoms with Gasteiger partial charge in [0.25, 0.3) is 7.82 Å². The Labute approximate surface area is 358 Å². The van der Waals surface area contributed by atoms with Crippen molar-refractivity contribution in [2.75, 3.05) is 47.5 Å². The van der Waals surface area contributed by atoms with Crippen molar-refractivity contribution in [3.8, 4) is 0 Å². The van der Waals surface area contributed by atoms with Crippen LogP contribution in [0.2, 0.25) is 0 Å². The molecule has 0 aliphatic rings. The van der Waals surface area contributed by atoms with E-state index in [2.05, 4.69) is 26.0 Å². The van der Waals surface area contributed by atoms with Crippen LogP contribution in [0.25, 0.3) is 0 Å². The number of esters is 2. The molecule has 0 saturated carbocycles. The number of carbonyl (C=O) groups excluding carboxylic acids is 2. The molecule has 344 valence electrons. The van der Waals surface area contributed by atoms with Gasteiger partial charge in [0.1, 0.15) is 19.8 Å². The van der Waals surface area contributed by atoms with E-state index in [-0.39, 0.29) is 32.0 Å². The van der Waals surface area contributed by atoms with Crippen molar-refractivity contribution >= 4 is 19.8 Å². The van der Waals surface area contributed by atoms with E-state index < -0.39 is 26.5 Å². The third-order valence-electron chi connectivity index (χ3n) is 10.8. The van der Waals surface area contributed by atoms with Crippen molar-refractivity contribution < 1.29 is 42.1 Å². The van der Waals surface area contributed by atoms with Crippen LogP contribution in [-0.2, 0) is 32.7 Å². The predicted molar refractivity (Wildman–Crippen MR) is 241 cm³/mol. The Morgan fingerprint density at radius 3 is 1.31 bits per heavy atom. The molecule has 0 heterocycles. The number of ether oxygens (including phenoxy) is 2. The molecule has 0 aromatic heterocycles. The highest BCUT2D eigenvalue weighted by molar-refractivity contribution is 7.45. The van der Waals surface area contributed by atoms with Crippen molar-refractivity contribution in [3.05, 3.63) is 12.2 Å². The maximum absolute atomic E-state index is 12.7. The monoisotopic (exact) mass is 844 g/mol. The molecule has 0 aromatic rings. The largest absolute Gasteiger partial charge is 0.756 e. The van der Waals surface area contributed by atoms with Crippen molar-refractivity contribution in [2.45, 2.75) is 238 Å². The van der Waals surface area contributed by atoms with Gasteiger partial charge in [-0.05, 0) is 38.5 Å². The lowest BCUT2D eigenvalue weighted by Gasteiger charge is -2.28. The molecule has 0 N–H and O–H groups in total. The molecule has 0 aromatic carbocycles. The summed E-state index contributed by atoms with van der Waals surface area (Å²) in [4.78, 5) is 37.6. The van der Waals surface area contributed by atoms with Crippen LogP contribution < -0.4 is 4.89 Å². The number of quaternary nitrogens is 1. The number of phosphoric acid groups is 1. The molecule has 0 rings (SSSR count). The predicted octanol–water partition coefficient (Wildman–Crippen LogP) is 13.5. The number of phosphoric ester groups is 1. The fourth-order valence-corrected chi connectivity index (χ4v) is 7.67. The highest BCUT2D eigenvalue weighted by atomic mass is 31.2. The van der Waals surface area contributed by atoms with Gasteiger partial charge in [-0.15, -0.1) is 0 Å². The molecule has 58 heavy (non-hydrogen) atoms. The van der Waals surface area contributed by atoms with E-state index in [0.29, 0.717) is 17.4 Å². The van der Waals surface area contributed by atoms with E-state index in [4.69, 9.17) is 18.5 Å². The highest BCUT2D eigenvalue weighted by Crippen LogP contribution is 2.38.